The summed E-state index contributed by atoms with van der Waals surface area (Å²) in [5, 5.41) is 12.6. The number of hydrogen-bond donors (Lipinski definition) is 2. The van der Waals surface area contributed by atoms with Crippen molar-refractivity contribution in [1.29, 1.82) is 0 Å². The van der Waals surface area contributed by atoms with Gasteiger partial charge in [0.1, 0.15) is 0 Å². The highest BCUT2D eigenvalue weighted by molar-refractivity contribution is 5.76. The first-order valence-electron chi connectivity index (χ1n) is 6.61. The lowest BCUT2D eigenvalue weighted by Crippen LogP contribution is -2.43. The third kappa shape index (κ3) is 2.35. The van der Waals surface area contributed by atoms with E-state index in [4.69, 9.17) is 0 Å². The summed E-state index contributed by atoms with van der Waals surface area (Å²) >= 11 is 0. The molecule has 2 N–H and O–H groups in total. The van der Waals surface area contributed by atoms with Gasteiger partial charge in [-0.05, 0) is 30.4 Å². The molecule has 98 valence electrons. The monoisotopic (exact) mass is 247 g/mol. The Hall–Kier alpha value is -1.51. The first kappa shape index (κ1) is 12.9. The average molecular weight is 247 g/mol. The Morgan fingerprint density at radius 2 is 2.06 bits per heavy atom. The maximum absolute atomic E-state index is 11.3. The molecule has 0 radical (unpaired) electrons. The van der Waals surface area contributed by atoms with Crippen LogP contribution in [0.15, 0.2) is 24.3 Å². The molecule has 0 saturated heterocycles. The molecular weight excluding hydrogens is 226 g/mol. The highest BCUT2D eigenvalue weighted by Gasteiger charge is 2.44. The number of benzene rings is 1. The second-order valence-electron chi connectivity index (χ2n) is 5.53. The first-order valence-corrected chi connectivity index (χ1v) is 6.61. The Morgan fingerprint density at radius 1 is 1.39 bits per heavy atom. The SMILES string of the molecule is CC(C)c1ccccc1NCC1(C(=O)O)CCC1. The fourth-order valence-electron chi connectivity index (χ4n) is 2.50. The molecule has 1 aliphatic carbocycles. The maximum Gasteiger partial charge on any atom is 0.311 e. The molecule has 18 heavy (non-hydrogen) atoms. The van der Waals surface area contributed by atoms with E-state index in [0.717, 1.165) is 24.9 Å². The van der Waals surface area contributed by atoms with Crippen LogP contribution in [0, 0.1) is 5.41 Å². The molecule has 0 amide bonds. The van der Waals surface area contributed by atoms with Crippen molar-refractivity contribution in [3.05, 3.63) is 29.8 Å². The fourth-order valence-corrected chi connectivity index (χ4v) is 2.50. The van der Waals surface area contributed by atoms with E-state index in [1.165, 1.54) is 5.56 Å². The van der Waals surface area contributed by atoms with Crippen LogP contribution in [0.2, 0.25) is 0 Å². The van der Waals surface area contributed by atoms with Gasteiger partial charge < -0.3 is 10.4 Å². The highest BCUT2D eigenvalue weighted by Crippen LogP contribution is 2.41. The summed E-state index contributed by atoms with van der Waals surface area (Å²) in [4.78, 5) is 11.3. The summed E-state index contributed by atoms with van der Waals surface area (Å²) in [6.07, 6.45) is 2.61. The summed E-state index contributed by atoms with van der Waals surface area (Å²) < 4.78 is 0. The summed E-state index contributed by atoms with van der Waals surface area (Å²) in [5.41, 5.74) is 1.78. The molecule has 1 saturated carbocycles. The molecule has 1 fully saturated rings. The topological polar surface area (TPSA) is 49.3 Å². The van der Waals surface area contributed by atoms with Crippen LogP contribution in [0.25, 0.3) is 0 Å². The number of para-hydroxylation sites is 1. The third-order valence-corrected chi connectivity index (χ3v) is 3.96. The maximum atomic E-state index is 11.3. The van der Waals surface area contributed by atoms with Gasteiger partial charge in [0.15, 0.2) is 0 Å². The Morgan fingerprint density at radius 3 is 2.56 bits per heavy atom. The number of anilines is 1. The Kier molecular flexibility index (Phi) is 3.60. The minimum atomic E-state index is -0.664. The van der Waals surface area contributed by atoms with E-state index < -0.39 is 11.4 Å². The molecule has 1 aromatic rings. The van der Waals surface area contributed by atoms with Crippen molar-refractivity contribution < 1.29 is 9.90 Å². The fraction of sp³-hybridized carbons (Fsp3) is 0.533. The molecule has 0 atom stereocenters. The Bertz CT molecular complexity index is 436. The van der Waals surface area contributed by atoms with Crippen molar-refractivity contribution in [2.24, 2.45) is 5.41 Å². The third-order valence-electron chi connectivity index (χ3n) is 3.96. The zero-order chi connectivity index (χ0) is 13.2. The zero-order valence-corrected chi connectivity index (χ0v) is 11.1. The van der Waals surface area contributed by atoms with Crippen LogP contribution < -0.4 is 5.32 Å². The van der Waals surface area contributed by atoms with Crippen molar-refractivity contribution in [3.63, 3.8) is 0 Å². The van der Waals surface area contributed by atoms with E-state index >= 15 is 0 Å². The predicted molar refractivity (Wildman–Crippen MR) is 72.9 cm³/mol. The molecule has 1 aromatic carbocycles. The number of hydrogen-bond acceptors (Lipinski definition) is 2. The van der Waals surface area contributed by atoms with Gasteiger partial charge in [-0.15, -0.1) is 0 Å². The molecule has 1 aliphatic rings. The number of rotatable bonds is 5. The molecule has 2 rings (SSSR count). The van der Waals surface area contributed by atoms with Crippen LogP contribution in [-0.4, -0.2) is 17.6 Å². The van der Waals surface area contributed by atoms with Gasteiger partial charge >= 0.3 is 5.97 Å². The first-order chi connectivity index (χ1) is 8.55. The lowest BCUT2D eigenvalue weighted by atomic mass is 9.68. The van der Waals surface area contributed by atoms with Crippen molar-refractivity contribution in [2.45, 2.75) is 39.0 Å². The normalized spacial score (nSPS) is 17.3. The predicted octanol–water partition coefficient (Wildman–Crippen LogP) is 3.48. The van der Waals surface area contributed by atoms with Crippen LogP contribution >= 0.6 is 0 Å². The van der Waals surface area contributed by atoms with Crippen LogP contribution in [0.3, 0.4) is 0 Å². The number of nitrogens with one attached hydrogen (secondary N) is 1. The average Bonchev–Trinajstić information content (AvgIpc) is 2.27. The van der Waals surface area contributed by atoms with Crippen molar-refractivity contribution in [2.75, 3.05) is 11.9 Å². The van der Waals surface area contributed by atoms with E-state index in [1.807, 2.05) is 18.2 Å². The van der Waals surface area contributed by atoms with Crippen LogP contribution in [0.1, 0.15) is 44.6 Å². The van der Waals surface area contributed by atoms with E-state index in [-0.39, 0.29) is 0 Å². The van der Waals surface area contributed by atoms with Crippen LogP contribution in [0.5, 0.6) is 0 Å². The summed E-state index contributed by atoms with van der Waals surface area (Å²) in [6, 6.07) is 8.14. The summed E-state index contributed by atoms with van der Waals surface area (Å²) in [7, 11) is 0. The van der Waals surface area contributed by atoms with E-state index in [0.29, 0.717) is 12.5 Å². The molecule has 0 aliphatic heterocycles. The minimum Gasteiger partial charge on any atom is -0.481 e. The molecule has 0 bridgehead atoms. The number of carbonyl (C=O) groups is 1. The van der Waals surface area contributed by atoms with Gasteiger partial charge in [0.2, 0.25) is 0 Å². The highest BCUT2D eigenvalue weighted by atomic mass is 16.4. The smallest absolute Gasteiger partial charge is 0.311 e. The van der Waals surface area contributed by atoms with E-state index in [1.54, 1.807) is 0 Å². The lowest BCUT2D eigenvalue weighted by molar-refractivity contribution is -0.153. The molecule has 0 heterocycles. The molecular formula is C15H21NO2. The molecule has 3 nitrogen and oxygen atoms in total. The van der Waals surface area contributed by atoms with Gasteiger partial charge in [-0.25, -0.2) is 0 Å². The second kappa shape index (κ2) is 5.01. The largest absolute Gasteiger partial charge is 0.481 e. The summed E-state index contributed by atoms with van der Waals surface area (Å²) in [5.74, 6) is -0.223. The van der Waals surface area contributed by atoms with E-state index in [9.17, 15) is 9.90 Å². The zero-order valence-electron chi connectivity index (χ0n) is 11.1. The Balaban J connectivity index is 2.08. The minimum absolute atomic E-state index is 0.441. The van der Waals surface area contributed by atoms with Gasteiger partial charge in [0.25, 0.3) is 0 Å². The van der Waals surface area contributed by atoms with Gasteiger partial charge in [-0.1, -0.05) is 38.5 Å². The number of aliphatic carboxylic acids is 1. The van der Waals surface area contributed by atoms with E-state index in [2.05, 4.69) is 25.2 Å². The standard InChI is InChI=1S/C15H21NO2/c1-11(2)12-6-3-4-7-13(12)16-10-15(14(17)18)8-5-9-15/h3-4,6-7,11,16H,5,8-10H2,1-2H3,(H,17,18). The number of carboxylic acid groups (broad SMARTS) is 1. The van der Waals surface area contributed by atoms with Gasteiger partial charge in [0, 0.05) is 12.2 Å². The second-order valence-corrected chi connectivity index (χ2v) is 5.53. The van der Waals surface area contributed by atoms with Gasteiger partial charge in [-0.3, -0.25) is 4.79 Å². The van der Waals surface area contributed by atoms with Crippen molar-refractivity contribution >= 4 is 11.7 Å². The molecule has 3 heteroatoms. The quantitative estimate of drug-likeness (QED) is 0.837. The van der Waals surface area contributed by atoms with Crippen molar-refractivity contribution in [1.82, 2.24) is 0 Å². The lowest BCUT2D eigenvalue weighted by Gasteiger charge is -2.38. The Labute approximate surface area is 108 Å². The van der Waals surface area contributed by atoms with Gasteiger partial charge in [0.05, 0.1) is 5.41 Å². The summed E-state index contributed by atoms with van der Waals surface area (Å²) in [6.45, 7) is 4.83. The van der Waals surface area contributed by atoms with Crippen LogP contribution in [0.4, 0.5) is 5.69 Å². The molecule has 0 aromatic heterocycles. The van der Waals surface area contributed by atoms with Crippen LogP contribution in [-0.2, 0) is 4.79 Å². The molecule has 0 unspecified atom stereocenters. The number of carboxylic acids is 1. The van der Waals surface area contributed by atoms with Gasteiger partial charge in [-0.2, -0.15) is 0 Å². The van der Waals surface area contributed by atoms with Crippen molar-refractivity contribution in [3.8, 4) is 0 Å². The molecule has 0 spiro atoms.